The van der Waals surface area contributed by atoms with Gasteiger partial charge < -0.3 is 9.47 Å². The first-order valence-corrected chi connectivity index (χ1v) is 5.76. The van der Waals surface area contributed by atoms with E-state index in [2.05, 4.69) is 13.0 Å². The Kier molecular flexibility index (Phi) is 2.14. The smallest absolute Gasteiger partial charge is 0.160 e. The summed E-state index contributed by atoms with van der Waals surface area (Å²) in [5.41, 5.74) is 1.68. The molecule has 0 N–H and O–H groups in total. The van der Waals surface area contributed by atoms with Crippen molar-refractivity contribution in [2.24, 2.45) is 17.8 Å². The van der Waals surface area contributed by atoms with Gasteiger partial charge in [0.25, 0.3) is 0 Å². The Labute approximate surface area is 85.3 Å². The van der Waals surface area contributed by atoms with Gasteiger partial charge in [-0.1, -0.05) is 11.6 Å². The highest BCUT2D eigenvalue weighted by Gasteiger charge is 2.47. The van der Waals surface area contributed by atoms with Gasteiger partial charge in [0.05, 0.1) is 13.2 Å². The summed E-state index contributed by atoms with van der Waals surface area (Å²) in [5, 5.41) is 0. The molecule has 78 valence electrons. The van der Waals surface area contributed by atoms with Gasteiger partial charge in [-0.25, -0.2) is 0 Å². The number of hydrogen-bond acceptors (Lipinski definition) is 2. The molecule has 2 bridgehead atoms. The summed E-state index contributed by atoms with van der Waals surface area (Å²) in [6.45, 7) is 3.78. The van der Waals surface area contributed by atoms with Crippen LogP contribution in [0.4, 0.5) is 0 Å². The molecule has 1 heterocycles. The molecule has 0 aromatic carbocycles. The van der Waals surface area contributed by atoms with E-state index in [9.17, 15) is 0 Å². The highest BCUT2D eigenvalue weighted by molar-refractivity contribution is 5.18. The van der Waals surface area contributed by atoms with Gasteiger partial charge in [-0.3, -0.25) is 0 Å². The minimum atomic E-state index is 0.128. The van der Waals surface area contributed by atoms with E-state index >= 15 is 0 Å². The van der Waals surface area contributed by atoms with Gasteiger partial charge >= 0.3 is 0 Å². The van der Waals surface area contributed by atoms with Crippen LogP contribution in [-0.2, 0) is 9.47 Å². The van der Waals surface area contributed by atoms with E-state index in [0.29, 0.717) is 5.92 Å². The summed E-state index contributed by atoms with van der Waals surface area (Å²) in [6, 6.07) is 0. The highest BCUT2D eigenvalue weighted by atomic mass is 16.7. The predicted molar refractivity (Wildman–Crippen MR) is 53.8 cm³/mol. The molecular formula is C12H18O2. The van der Waals surface area contributed by atoms with Crippen molar-refractivity contribution < 1.29 is 9.47 Å². The molecule has 2 nitrogen and oxygen atoms in total. The van der Waals surface area contributed by atoms with Crippen LogP contribution in [0.25, 0.3) is 0 Å². The quantitative estimate of drug-likeness (QED) is 0.596. The van der Waals surface area contributed by atoms with Gasteiger partial charge in [0, 0.05) is 5.92 Å². The molecule has 3 fully saturated rings. The average Bonchev–Trinajstić information content (AvgIpc) is 2.91. The van der Waals surface area contributed by atoms with Crippen molar-refractivity contribution in [3.05, 3.63) is 11.6 Å². The van der Waals surface area contributed by atoms with Crippen LogP contribution in [0.5, 0.6) is 0 Å². The van der Waals surface area contributed by atoms with Gasteiger partial charge in [-0.15, -0.1) is 0 Å². The van der Waals surface area contributed by atoms with E-state index < -0.39 is 0 Å². The fourth-order valence-corrected chi connectivity index (χ4v) is 3.48. The van der Waals surface area contributed by atoms with Crippen LogP contribution in [0.2, 0.25) is 0 Å². The molecule has 3 rings (SSSR count). The largest absolute Gasteiger partial charge is 0.350 e. The number of ether oxygens (including phenoxy) is 2. The van der Waals surface area contributed by atoms with Crippen molar-refractivity contribution in [1.82, 2.24) is 0 Å². The number of allylic oxidation sites excluding steroid dienone is 2. The second-order valence-electron chi connectivity index (χ2n) is 4.77. The van der Waals surface area contributed by atoms with E-state index in [1.54, 1.807) is 5.57 Å². The Morgan fingerprint density at radius 3 is 2.57 bits per heavy atom. The van der Waals surface area contributed by atoms with Gasteiger partial charge in [0.2, 0.25) is 0 Å². The zero-order chi connectivity index (χ0) is 9.54. The fraction of sp³-hybridized carbons (Fsp3) is 0.833. The van der Waals surface area contributed by atoms with Gasteiger partial charge in [0.15, 0.2) is 6.29 Å². The molecule has 3 unspecified atom stereocenters. The number of rotatable bonds is 1. The van der Waals surface area contributed by atoms with E-state index in [1.807, 2.05) is 0 Å². The van der Waals surface area contributed by atoms with Crippen molar-refractivity contribution in [3.63, 3.8) is 0 Å². The van der Waals surface area contributed by atoms with Crippen LogP contribution in [0.1, 0.15) is 26.2 Å². The van der Waals surface area contributed by atoms with E-state index in [-0.39, 0.29) is 6.29 Å². The normalized spacial score (nSPS) is 45.5. The summed E-state index contributed by atoms with van der Waals surface area (Å²) < 4.78 is 11.2. The van der Waals surface area contributed by atoms with Crippen LogP contribution in [-0.4, -0.2) is 19.5 Å². The van der Waals surface area contributed by atoms with E-state index in [0.717, 1.165) is 25.0 Å². The lowest BCUT2D eigenvalue weighted by Gasteiger charge is -2.27. The van der Waals surface area contributed by atoms with Crippen LogP contribution in [0.3, 0.4) is 0 Å². The Balaban J connectivity index is 1.70. The Morgan fingerprint density at radius 2 is 2.00 bits per heavy atom. The molecule has 1 saturated heterocycles. The lowest BCUT2D eigenvalue weighted by Crippen LogP contribution is -2.26. The average molecular weight is 194 g/mol. The summed E-state index contributed by atoms with van der Waals surface area (Å²) in [4.78, 5) is 0. The van der Waals surface area contributed by atoms with Crippen molar-refractivity contribution in [2.45, 2.75) is 32.5 Å². The monoisotopic (exact) mass is 194 g/mol. The molecular weight excluding hydrogens is 176 g/mol. The molecule has 0 spiro atoms. The number of fused-ring (bicyclic) bond motifs is 2. The first-order chi connectivity index (χ1) is 6.88. The lowest BCUT2D eigenvalue weighted by molar-refractivity contribution is -0.0953. The zero-order valence-corrected chi connectivity index (χ0v) is 8.74. The molecule has 0 radical (unpaired) electrons. The summed E-state index contributed by atoms with van der Waals surface area (Å²) in [6.07, 6.45) is 6.43. The van der Waals surface area contributed by atoms with Gasteiger partial charge in [-0.05, 0) is 38.0 Å². The third-order valence-electron chi connectivity index (χ3n) is 4.14. The maximum absolute atomic E-state index is 5.62. The van der Waals surface area contributed by atoms with E-state index in [1.165, 1.54) is 19.3 Å². The minimum Gasteiger partial charge on any atom is -0.350 e. The molecule has 2 heteroatoms. The molecule has 3 aliphatic rings. The van der Waals surface area contributed by atoms with Crippen LogP contribution in [0.15, 0.2) is 11.6 Å². The third kappa shape index (κ3) is 1.24. The Hall–Kier alpha value is -0.340. The van der Waals surface area contributed by atoms with Crippen LogP contribution >= 0.6 is 0 Å². The predicted octanol–water partition coefficient (Wildman–Crippen LogP) is 2.35. The molecule has 0 aromatic heterocycles. The molecule has 2 saturated carbocycles. The standard InChI is InChI=1S/C12H18O2/c1-2-8-5-10-6-9(8)7-11(10)12-13-3-4-14-12/h2,9-12H,3-7H2,1H3/b8-2+. The van der Waals surface area contributed by atoms with Gasteiger partial charge in [0.1, 0.15) is 0 Å². The Morgan fingerprint density at radius 1 is 1.21 bits per heavy atom. The fourth-order valence-electron chi connectivity index (χ4n) is 3.48. The zero-order valence-electron chi connectivity index (χ0n) is 8.74. The highest BCUT2D eigenvalue weighted by Crippen LogP contribution is 2.53. The van der Waals surface area contributed by atoms with Gasteiger partial charge in [-0.2, -0.15) is 0 Å². The SMILES string of the molecule is C/C=C1\CC2CC1CC2C1OCCO1. The third-order valence-corrected chi connectivity index (χ3v) is 4.14. The summed E-state index contributed by atoms with van der Waals surface area (Å²) >= 11 is 0. The maximum atomic E-state index is 5.62. The molecule has 0 amide bonds. The Bertz CT molecular complexity index is 253. The first kappa shape index (κ1) is 8.93. The van der Waals surface area contributed by atoms with Crippen molar-refractivity contribution >= 4 is 0 Å². The van der Waals surface area contributed by atoms with E-state index in [4.69, 9.17) is 9.47 Å². The second kappa shape index (κ2) is 3.35. The van der Waals surface area contributed by atoms with Crippen molar-refractivity contribution in [2.75, 3.05) is 13.2 Å². The van der Waals surface area contributed by atoms with Crippen LogP contribution in [0, 0.1) is 17.8 Å². The minimum absolute atomic E-state index is 0.128. The molecule has 3 atom stereocenters. The molecule has 1 aliphatic heterocycles. The lowest BCUT2D eigenvalue weighted by atomic mass is 9.85. The molecule has 0 aromatic rings. The maximum Gasteiger partial charge on any atom is 0.160 e. The first-order valence-electron chi connectivity index (χ1n) is 5.76. The number of hydrogen-bond donors (Lipinski definition) is 0. The van der Waals surface area contributed by atoms with Crippen molar-refractivity contribution in [3.8, 4) is 0 Å². The molecule has 14 heavy (non-hydrogen) atoms. The molecule has 2 aliphatic carbocycles. The topological polar surface area (TPSA) is 18.5 Å². The van der Waals surface area contributed by atoms with Crippen molar-refractivity contribution in [1.29, 1.82) is 0 Å². The van der Waals surface area contributed by atoms with Crippen LogP contribution < -0.4 is 0 Å². The summed E-state index contributed by atoms with van der Waals surface area (Å²) in [7, 11) is 0. The second-order valence-corrected chi connectivity index (χ2v) is 4.77. The summed E-state index contributed by atoms with van der Waals surface area (Å²) in [5.74, 6) is 2.38.